The van der Waals surface area contributed by atoms with Crippen molar-refractivity contribution in [3.8, 4) is 0 Å². The van der Waals surface area contributed by atoms with Crippen LogP contribution in [0.4, 0.5) is 0 Å². The van der Waals surface area contributed by atoms with Crippen molar-refractivity contribution < 1.29 is 0 Å². The fourth-order valence-electron chi connectivity index (χ4n) is 3.09. The Morgan fingerprint density at radius 2 is 1.86 bits per heavy atom. The number of nitrogens with two attached hydrogens (primary N) is 1. The van der Waals surface area contributed by atoms with Gasteiger partial charge >= 0.3 is 0 Å². The van der Waals surface area contributed by atoms with Crippen molar-refractivity contribution in [3.63, 3.8) is 0 Å². The van der Waals surface area contributed by atoms with Gasteiger partial charge in [-0.25, -0.2) is 0 Å². The van der Waals surface area contributed by atoms with Crippen molar-refractivity contribution in [2.75, 3.05) is 39.3 Å². The van der Waals surface area contributed by atoms with Crippen LogP contribution in [0.1, 0.15) is 31.0 Å². The van der Waals surface area contributed by atoms with Gasteiger partial charge in [-0.05, 0) is 30.0 Å². The molecule has 0 saturated carbocycles. The van der Waals surface area contributed by atoms with Gasteiger partial charge in [0, 0.05) is 50.3 Å². The predicted molar refractivity (Wildman–Crippen MR) is 90.8 cm³/mol. The summed E-state index contributed by atoms with van der Waals surface area (Å²) in [4.78, 5) is 5.05. The number of aryl methyl sites for hydroxylation is 1. The summed E-state index contributed by atoms with van der Waals surface area (Å²) in [6.07, 6.45) is 0. The first-order valence-electron chi connectivity index (χ1n) is 7.93. The maximum Gasteiger partial charge on any atom is 0.0472 e. The fourth-order valence-corrected chi connectivity index (χ4v) is 3.28. The van der Waals surface area contributed by atoms with E-state index in [1.165, 1.54) is 12.1 Å². The topological polar surface area (TPSA) is 32.5 Å². The van der Waals surface area contributed by atoms with Gasteiger partial charge in [-0.2, -0.15) is 0 Å². The Hall–Kier alpha value is -0.610. The molecular weight excluding hydrogens is 282 g/mol. The Morgan fingerprint density at radius 1 is 1.19 bits per heavy atom. The van der Waals surface area contributed by atoms with E-state index in [0.29, 0.717) is 6.54 Å². The minimum atomic E-state index is 0.282. The highest BCUT2D eigenvalue weighted by Gasteiger charge is 2.24. The average molecular weight is 310 g/mol. The SMILES string of the molecule is Cc1ccc(C(CN)N2CCN(CC(C)C)CC2)cc1Cl. The fraction of sp³-hybridized carbons (Fsp3) is 0.647. The standard InChI is InChI=1S/C17H28ClN3/c1-13(2)12-20-6-8-21(9-7-20)17(11-19)15-5-4-14(3)16(18)10-15/h4-5,10,13,17H,6-9,11-12,19H2,1-3H3. The van der Waals surface area contributed by atoms with Crippen LogP contribution in [0.5, 0.6) is 0 Å². The second-order valence-electron chi connectivity index (χ2n) is 6.49. The minimum Gasteiger partial charge on any atom is -0.329 e. The van der Waals surface area contributed by atoms with E-state index < -0.39 is 0 Å². The largest absolute Gasteiger partial charge is 0.329 e. The van der Waals surface area contributed by atoms with E-state index in [1.54, 1.807) is 0 Å². The molecule has 1 aliphatic heterocycles. The smallest absolute Gasteiger partial charge is 0.0472 e. The Labute approximate surface area is 134 Å². The van der Waals surface area contributed by atoms with Crippen molar-refractivity contribution in [1.29, 1.82) is 0 Å². The van der Waals surface area contributed by atoms with Gasteiger partial charge in [-0.15, -0.1) is 0 Å². The number of benzene rings is 1. The molecule has 4 heteroatoms. The molecule has 2 rings (SSSR count). The highest BCUT2D eigenvalue weighted by Crippen LogP contribution is 2.26. The van der Waals surface area contributed by atoms with Gasteiger partial charge in [-0.1, -0.05) is 37.6 Å². The van der Waals surface area contributed by atoms with Crippen LogP contribution >= 0.6 is 11.6 Å². The Kier molecular flexibility index (Phi) is 6.06. The van der Waals surface area contributed by atoms with Crippen LogP contribution in [-0.4, -0.2) is 49.1 Å². The molecule has 0 bridgehead atoms. The molecule has 0 radical (unpaired) electrons. The van der Waals surface area contributed by atoms with Gasteiger partial charge in [0.25, 0.3) is 0 Å². The van der Waals surface area contributed by atoms with Crippen molar-refractivity contribution in [1.82, 2.24) is 9.80 Å². The highest BCUT2D eigenvalue weighted by atomic mass is 35.5. The van der Waals surface area contributed by atoms with Gasteiger partial charge in [0.15, 0.2) is 0 Å². The average Bonchev–Trinajstić information content (AvgIpc) is 2.45. The summed E-state index contributed by atoms with van der Waals surface area (Å²) in [6.45, 7) is 12.9. The third-order valence-electron chi connectivity index (χ3n) is 4.27. The lowest BCUT2D eigenvalue weighted by molar-refractivity contribution is 0.0912. The summed E-state index contributed by atoms with van der Waals surface area (Å²) in [5.74, 6) is 0.734. The molecule has 118 valence electrons. The summed E-state index contributed by atoms with van der Waals surface area (Å²) in [6, 6.07) is 6.62. The number of halogens is 1. The van der Waals surface area contributed by atoms with Crippen molar-refractivity contribution in [3.05, 3.63) is 34.3 Å². The first-order valence-corrected chi connectivity index (χ1v) is 8.31. The van der Waals surface area contributed by atoms with E-state index in [0.717, 1.165) is 42.7 Å². The molecule has 1 unspecified atom stereocenters. The molecule has 1 aliphatic rings. The van der Waals surface area contributed by atoms with E-state index in [-0.39, 0.29) is 6.04 Å². The van der Waals surface area contributed by atoms with Crippen LogP contribution in [0.15, 0.2) is 18.2 Å². The lowest BCUT2D eigenvalue weighted by Gasteiger charge is -2.39. The van der Waals surface area contributed by atoms with E-state index >= 15 is 0 Å². The summed E-state index contributed by atoms with van der Waals surface area (Å²) in [5, 5.41) is 0.837. The quantitative estimate of drug-likeness (QED) is 0.907. The Bertz CT molecular complexity index is 453. The van der Waals surface area contributed by atoms with Gasteiger partial charge in [0.05, 0.1) is 0 Å². The molecule has 0 spiro atoms. The second kappa shape index (κ2) is 7.59. The molecule has 1 atom stereocenters. The van der Waals surface area contributed by atoms with Gasteiger partial charge in [0.1, 0.15) is 0 Å². The lowest BCUT2D eigenvalue weighted by Crippen LogP contribution is -2.49. The van der Waals surface area contributed by atoms with Crippen LogP contribution in [-0.2, 0) is 0 Å². The molecule has 3 nitrogen and oxygen atoms in total. The number of hydrogen-bond acceptors (Lipinski definition) is 3. The predicted octanol–water partition coefficient (Wildman–Crippen LogP) is 2.92. The summed E-state index contributed by atoms with van der Waals surface area (Å²) < 4.78 is 0. The number of hydrogen-bond donors (Lipinski definition) is 1. The van der Waals surface area contributed by atoms with Crippen LogP contribution in [0.25, 0.3) is 0 Å². The first kappa shape index (κ1) is 16.8. The Morgan fingerprint density at radius 3 is 2.38 bits per heavy atom. The lowest BCUT2D eigenvalue weighted by atomic mass is 10.0. The van der Waals surface area contributed by atoms with E-state index in [2.05, 4.69) is 41.8 Å². The summed E-state index contributed by atoms with van der Waals surface area (Å²) in [5.41, 5.74) is 8.41. The molecule has 1 fully saturated rings. The zero-order valence-corrected chi connectivity index (χ0v) is 14.2. The number of nitrogens with zero attached hydrogens (tertiary/aromatic N) is 2. The third kappa shape index (κ3) is 4.43. The summed E-state index contributed by atoms with van der Waals surface area (Å²) in [7, 11) is 0. The summed E-state index contributed by atoms with van der Waals surface area (Å²) >= 11 is 6.27. The number of rotatable bonds is 5. The maximum atomic E-state index is 6.27. The van der Waals surface area contributed by atoms with Crippen molar-refractivity contribution in [2.45, 2.75) is 26.8 Å². The van der Waals surface area contributed by atoms with Crippen LogP contribution in [0.3, 0.4) is 0 Å². The van der Waals surface area contributed by atoms with Crippen LogP contribution < -0.4 is 5.73 Å². The molecule has 0 aliphatic carbocycles. The molecule has 21 heavy (non-hydrogen) atoms. The van der Waals surface area contributed by atoms with Gasteiger partial charge < -0.3 is 10.6 Å². The first-order chi connectivity index (χ1) is 10.0. The maximum absolute atomic E-state index is 6.27. The second-order valence-corrected chi connectivity index (χ2v) is 6.90. The monoisotopic (exact) mass is 309 g/mol. The third-order valence-corrected chi connectivity index (χ3v) is 4.68. The van der Waals surface area contributed by atoms with E-state index in [4.69, 9.17) is 17.3 Å². The molecular formula is C17H28ClN3. The highest BCUT2D eigenvalue weighted by molar-refractivity contribution is 6.31. The zero-order valence-electron chi connectivity index (χ0n) is 13.5. The molecule has 1 aromatic carbocycles. The Balaban J connectivity index is 2.00. The molecule has 0 amide bonds. The molecule has 0 aromatic heterocycles. The van der Waals surface area contributed by atoms with Crippen LogP contribution in [0, 0.1) is 12.8 Å². The van der Waals surface area contributed by atoms with E-state index in [9.17, 15) is 0 Å². The molecule has 1 heterocycles. The van der Waals surface area contributed by atoms with Crippen molar-refractivity contribution in [2.24, 2.45) is 11.7 Å². The molecule has 1 saturated heterocycles. The molecule has 1 aromatic rings. The normalized spacial score (nSPS) is 19.1. The van der Waals surface area contributed by atoms with Gasteiger partial charge in [0.2, 0.25) is 0 Å². The molecule has 2 N–H and O–H groups in total. The zero-order chi connectivity index (χ0) is 15.4. The van der Waals surface area contributed by atoms with Crippen molar-refractivity contribution >= 4 is 11.6 Å². The van der Waals surface area contributed by atoms with Crippen LogP contribution in [0.2, 0.25) is 5.02 Å². The number of piperazine rings is 1. The van der Waals surface area contributed by atoms with E-state index in [1.807, 2.05) is 6.92 Å². The van der Waals surface area contributed by atoms with Gasteiger partial charge in [-0.3, -0.25) is 4.90 Å². The minimum absolute atomic E-state index is 0.282.